The van der Waals surface area contributed by atoms with Gasteiger partial charge < -0.3 is 5.32 Å². The third-order valence-corrected chi connectivity index (χ3v) is 4.59. The van der Waals surface area contributed by atoms with Crippen LogP contribution in [0.1, 0.15) is 38.1 Å². The number of halogens is 2. The Bertz CT molecular complexity index is 441. The SMILES string of the molecule is CC(C)C(C)(C)CNC(=O)c1ccc(Br)cc1Br. The molecule has 0 saturated carbocycles. The molecule has 1 aromatic rings. The standard InChI is InChI=1S/C14H19Br2NO/c1-9(2)14(3,4)8-17-13(18)11-6-5-10(15)7-12(11)16/h5-7,9H,8H2,1-4H3,(H,17,18). The number of rotatable bonds is 4. The first-order chi connectivity index (χ1) is 8.24. The number of carbonyl (C=O) groups is 1. The molecule has 1 N–H and O–H groups in total. The zero-order valence-electron chi connectivity index (χ0n) is 11.2. The van der Waals surface area contributed by atoms with Crippen LogP contribution in [0.4, 0.5) is 0 Å². The molecule has 0 atom stereocenters. The van der Waals surface area contributed by atoms with E-state index in [1.54, 1.807) is 0 Å². The summed E-state index contributed by atoms with van der Waals surface area (Å²) in [6.07, 6.45) is 0. The van der Waals surface area contributed by atoms with Gasteiger partial charge >= 0.3 is 0 Å². The van der Waals surface area contributed by atoms with Gasteiger partial charge in [0.05, 0.1) is 5.56 Å². The van der Waals surface area contributed by atoms with E-state index in [0.717, 1.165) is 8.95 Å². The lowest BCUT2D eigenvalue weighted by atomic mass is 9.81. The van der Waals surface area contributed by atoms with Gasteiger partial charge in [-0.1, -0.05) is 43.6 Å². The van der Waals surface area contributed by atoms with Crippen LogP contribution in [-0.2, 0) is 0 Å². The Morgan fingerprint density at radius 2 is 1.94 bits per heavy atom. The lowest BCUT2D eigenvalue weighted by Gasteiger charge is -2.29. The number of nitrogens with one attached hydrogen (secondary N) is 1. The summed E-state index contributed by atoms with van der Waals surface area (Å²) in [5, 5.41) is 3.00. The van der Waals surface area contributed by atoms with E-state index in [-0.39, 0.29) is 11.3 Å². The van der Waals surface area contributed by atoms with Crippen LogP contribution >= 0.6 is 31.9 Å². The van der Waals surface area contributed by atoms with Gasteiger partial charge in [-0.2, -0.15) is 0 Å². The van der Waals surface area contributed by atoms with Crippen LogP contribution in [0.25, 0.3) is 0 Å². The molecule has 0 spiro atoms. The summed E-state index contributed by atoms with van der Waals surface area (Å²) in [7, 11) is 0. The Morgan fingerprint density at radius 1 is 1.33 bits per heavy atom. The van der Waals surface area contributed by atoms with Gasteiger partial charge in [-0.05, 0) is 45.5 Å². The van der Waals surface area contributed by atoms with E-state index in [0.29, 0.717) is 18.0 Å². The fourth-order valence-electron chi connectivity index (χ4n) is 1.28. The van der Waals surface area contributed by atoms with Gasteiger partial charge in [0.15, 0.2) is 0 Å². The lowest BCUT2D eigenvalue weighted by Crippen LogP contribution is -2.37. The highest BCUT2D eigenvalue weighted by atomic mass is 79.9. The average Bonchev–Trinajstić information content (AvgIpc) is 2.25. The van der Waals surface area contributed by atoms with Gasteiger partial charge in [0.1, 0.15) is 0 Å². The average molecular weight is 377 g/mol. The summed E-state index contributed by atoms with van der Waals surface area (Å²) < 4.78 is 1.75. The minimum absolute atomic E-state index is 0.0388. The molecule has 18 heavy (non-hydrogen) atoms. The topological polar surface area (TPSA) is 29.1 Å². The van der Waals surface area contributed by atoms with Crippen molar-refractivity contribution in [2.24, 2.45) is 11.3 Å². The molecular formula is C14H19Br2NO. The maximum atomic E-state index is 12.1. The van der Waals surface area contributed by atoms with E-state index in [1.165, 1.54) is 0 Å². The highest BCUT2D eigenvalue weighted by molar-refractivity contribution is 9.11. The normalized spacial score (nSPS) is 11.7. The summed E-state index contributed by atoms with van der Waals surface area (Å²) >= 11 is 6.78. The fourth-order valence-corrected chi connectivity index (χ4v) is 2.51. The van der Waals surface area contributed by atoms with Crippen LogP contribution < -0.4 is 5.32 Å². The molecule has 0 saturated heterocycles. The van der Waals surface area contributed by atoms with E-state index < -0.39 is 0 Å². The Kier molecular flexibility index (Phi) is 5.41. The second kappa shape index (κ2) is 6.20. The maximum absolute atomic E-state index is 12.1. The Labute approximate surface area is 126 Å². The zero-order chi connectivity index (χ0) is 13.9. The Balaban J connectivity index is 2.72. The third kappa shape index (κ3) is 4.09. The van der Waals surface area contributed by atoms with Gasteiger partial charge in [-0.25, -0.2) is 0 Å². The Hall–Kier alpha value is -0.350. The molecule has 0 aromatic heterocycles. The monoisotopic (exact) mass is 375 g/mol. The van der Waals surface area contributed by atoms with Gasteiger partial charge in [0.25, 0.3) is 5.91 Å². The number of benzene rings is 1. The molecule has 2 nitrogen and oxygen atoms in total. The van der Waals surface area contributed by atoms with Gasteiger partial charge in [-0.15, -0.1) is 0 Å². The predicted octanol–water partition coefficient (Wildman–Crippen LogP) is 4.62. The number of hydrogen-bond donors (Lipinski definition) is 1. The van der Waals surface area contributed by atoms with Crippen LogP contribution in [-0.4, -0.2) is 12.5 Å². The number of carbonyl (C=O) groups excluding carboxylic acids is 1. The molecule has 0 heterocycles. The second-order valence-corrected chi connectivity index (χ2v) is 7.22. The summed E-state index contributed by atoms with van der Waals surface area (Å²) in [5.74, 6) is 0.481. The van der Waals surface area contributed by atoms with E-state index in [1.807, 2.05) is 18.2 Å². The first kappa shape index (κ1) is 15.7. The largest absolute Gasteiger partial charge is 0.351 e. The van der Waals surface area contributed by atoms with E-state index in [2.05, 4.69) is 64.9 Å². The van der Waals surface area contributed by atoms with Gasteiger partial charge in [0.2, 0.25) is 0 Å². The van der Waals surface area contributed by atoms with Crippen LogP contribution in [0.3, 0.4) is 0 Å². The van der Waals surface area contributed by atoms with Crippen LogP contribution in [0.5, 0.6) is 0 Å². The van der Waals surface area contributed by atoms with Crippen molar-refractivity contribution in [3.8, 4) is 0 Å². The molecule has 0 aliphatic rings. The molecular weight excluding hydrogens is 358 g/mol. The van der Waals surface area contributed by atoms with E-state index >= 15 is 0 Å². The molecule has 0 fully saturated rings. The van der Waals surface area contributed by atoms with E-state index in [4.69, 9.17) is 0 Å². The third-order valence-electron chi connectivity index (χ3n) is 3.44. The fraction of sp³-hybridized carbons (Fsp3) is 0.500. The molecule has 1 aromatic carbocycles. The van der Waals surface area contributed by atoms with Gasteiger partial charge in [0, 0.05) is 15.5 Å². The first-order valence-corrected chi connectivity index (χ1v) is 7.56. The summed E-state index contributed by atoms with van der Waals surface area (Å²) in [5.41, 5.74) is 0.759. The number of amides is 1. The van der Waals surface area contributed by atoms with Crippen LogP contribution in [0, 0.1) is 11.3 Å². The van der Waals surface area contributed by atoms with Crippen molar-refractivity contribution < 1.29 is 4.79 Å². The van der Waals surface area contributed by atoms with Gasteiger partial charge in [-0.3, -0.25) is 4.79 Å². The highest BCUT2D eigenvalue weighted by Crippen LogP contribution is 2.26. The summed E-state index contributed by atoms with van der Waals surface area (Å²) in [6, 6.07) is 5.56. The predicted molar refractivity (Wildman–Crippen MR) is 82.8 cm³/mol. The second-order valence-electron chi connectivity index (χ2n) is 5.45. The summed E-state index contributed by atoms with van der Waals surface area (Å²) in [4.78, 5) is 12.1. The minimum Gasteiger partial charge on any atom is -0.351 e. The van der Waals surface area contributed by atoms with Crippen molar-refractivity contribution in [2.75, 3.05) is 6.54 Å². The molecule has 0 aliphatic carbocycles. The molecule has 100 valence electrons. The van der Waals surface area contributed by atoms with Crippen molar-refractivity contribution in [1.82, 2.24) is 5.32 Å². The molecule has 1 amide bonds. The van der Waals surface area contributed by atoms with Crippen molar-refractivity contribution in [3.05, 3.63) is 32.7 Å². The maximum Gasteiger partial charge on any atom is 0.252 e. The quantitative estimate of drug-likeness (QED) is 0.815. The molecule has 1 rings (SSSR count). The van der Waals surface area contributed by atoms with Crippen molar-refractivity contribution in [2.45, 2.75) is 27.7 Å². The minimum atomic E-state index is -0.0388. The first-order valence-electron chi connectivity index (χ1n) is 5.97. The van der Waals surface area contributed by atoms with Crippen molar-refractivity contribution in [1.29, 1.82) is 0 Å². The Morgan fingerprint density at radius 3 is 2.44 bits per heavy atom. The number of hydrogen-bond acceptors (Lipinski definition) is 1. The van der Waals surface area contributed by atoms with E-state index in [9.17, 15) is 4.79 Å². The summed E-state index contributed by atoms with van der Waals surface area (Å²) in [6.45, 7) is 9.33. The lowest BCUT2D eigenvalue weighted by molar-refractivity contribution is 0.0924. The molecule has 0 aliphatic heterocycles. The molecule has 0 bridgehead atoms. The smallest absolute Gasteiger partial charge is 0.252 e. The zero-order valence-corrected chi connectivity index (χ0v) is 14.4. The molecule has 4 heteroatoms. The highest BCUT2D eigenvalue weighted by Gasteiger charge is 2.23. The van der Waals surface area contributed by atoms with Crippen molar-refractivity contribution in [3.63, 3.8) is 0 Å². The molecule has 0 radical (unpaired) electrons. The van der Waals surface area contributed by atoms with Crippen LogP contribution in [0.2, 0.25) is 0 Å². The van der Waals surface area contributed by atoms with Crippen LogP contribution in [0.15, 0.2) is 27.1 Å². The van der Waals surface area contributed by atoms with Crippen molar-refractivity contribution >= 4 is 37.8 Å². The molecule has 0 unspecified atom stereocenters.